The number of rotatable bonds is 5. The van der Waals surface area contributed by atoms with Gasteiger partial charge in [-0.15, -0.1) is 0 Å². The summed E-state index contributed by atoms with van der Waals surface area (Å²) >= 11 is 0. The van der Waals surface area contributed by atoms with Crippen LogP contribution in [-0.4, -0.2) is 59.6 Å². The summed E-state index contributed by atoms with van der Waals surface area (Å²) in [6.07, 6.45) is 4.02. The van der Waals surface area contributed by atoms with Gasteiger partial charge in [0.2, 0.25) is 0 Å². The van der Waals surface area contributed by atoms with Crippen molar-refractivity contribution in [3.8, 4) is 0 Å². The summed E-state index contributed by atoms with van der Waals surface area (Å²) < 4.78 is 0. The van der Waals surface area contributed by atoms with Gasteiger partial charge in [0.1, 0.15) is 0 Å². The molecule has 1 aliphatic carbocycles. The van der Waals surface area contributed by atoms with Gasteiger partial charge in [-0.2, -0.15) is 0 Å². The Kier molecular flexibility index (Phi) is 3.26. The molecule has 1 unspecified atom stereocenters. The van der Waals surface area contributed by atoms with E-state index in [1.165, 1.54) is 19.3 Å². The molecule has 2 fully saturated rings. The quantitative estimate of drug-likeness (QED) is 0.726. The lowest BCUT2D eigenvalue weighted by molar-refractivity contribution is -0.137. The van der Waals surface area contributed by atoms with Gasteiger partial charge in [0.05, 0.1) is 6.42 Å². The molecule has 0 bridgehead atoms. The molecular formula is C11H20N2O2. The average molecular weight is 212 g/mol. The molecule has 1 atom stereocenters. The van der Waals surface area contributed by atoms with Crippen LogP contribution in [0.4, 0.5) is 0 Å². The zero-order valence-corrected chi connectivity index (χ0v) is 9.35. The first kappa shape index (κ1) is 10.9. The molecule has 0 aromatic rings. The Labute approximate surface area is 90.9 Å². The number of hydrogen-bond acceptors (Lipinski definition) is 3. The Morgan fingerprint density at radius 2 is 2.13 bits per heavy atom. The Morgan fingerprint density at radius 1 is 1.40 bits per heavy atom. The van der Waals surface area contributed by atoms with Crippen molar-refractivity contribution < 1.29 is 9.90 Å². The highest BCUT2D eigenvalue weighted by molar-refractivity contribution is 5.66. The van der Waals surface area contributed by atoms with Crippen molar-refractivity contribution in [2.75, 3.05) is 26.7 Å². The molecule has 1 N–H and O–H groups in total. The van der Waals surface area contributed by atoms with E-state index in [2.05, 4.69) is 16.8 Å². The number of nitrogens with zero attached hydrogens (tertiary/aromatic N) is 2. The van der Waals surface area contributed by atoms with Crippen LogP contribution in [0.3, 0.4) is 0 Å². The van der Waals surface area contributed by atoms with Gasteiger partial charge in [-0.25, -0.2) is 0 Å². The minimum Gasteiger partial charge on any atom is -0.481 e. The monoisotopic (exact) mass is 212 g/mol. The number of carboxylic acid groups (broad SMARTS) is 1. The third-order valence-corrected chi connectivity index (χ3v) is 3.44. The van der Waals surface area contributed by atoms with Gasteiger partial charge >= 0.3 is 5.97 Å². The number of likely N-dealkylation sites (N-methyl/N-ethyl adjacent to an activating group) is 1. The van der Waals surface area contributed by atoms with Gasteiger partial charge < -0.3 is 10.0 Å². The number of carbonyl (C=O) groups is 1. The molecule has 4 heteroatoms. The van der Waals surface area contributed by atoms with Crippen molar-refractivity contribution in [2.24, 2.45) is 0 Å². The molecule has 0 amide bonds. The lowest BCUT2D eigenvalue weighted by Gasteiger charge is -2.28. The summed E-state index contributed by atoms with van der Waals surface area (Å²) in [4.78, 5) is 15.4. The summed E-state index contributed by atoms with van der Waals surface area (Å²) in [6.45, 7) is 3.00. The Morgan fingerprint density at radius 3 is 2.60 bits per heavy atom. The van der Waals surface area contributed by atoms with Crippen molar-refractivity contribution in [1.29, 1.82) is 0 Å². The third-order valence-electron chi connectivity index (χ3n) is 3.44. The standard InChI is InChI=1S/C11H20N2O2/c1-12-6-4-10(8-12)13(9-2-3-9)7-5-11(14)15/h9-10H,2-8H2,1H3,(H,14,15). The van der Waals surface area contributed by atoms with Crippen molar-refractivity contribution in [1.82, 2.24) is 9.80 Å². The lowest BCUT2D eigenvalue weighted by atomic mass is 10.2. The Hall–Kier alpha value is -0.610. The van der Waals surface area contributed by atoms with Crippen LogP contribution >= 0.6 is 0 Å². The predicted molar refractivity (Wildman–Crippen MR) is 57.9 cm³/mol. The minimum atomic E-state index is -0.674. The fourth-order valence-corrected chi connectivity index (χ4v) is 2.48. The molecule has 0 aromatic carbocycles. The SMILES string of the molecule is CN1CCC(N(CCC(=O)O)C2CC2)C1. The van der Waals surface area contributed by atoms with E-state index in [1.54, 1.807) is 0 Å². The summed E-state index contributed by atoms with van der Waals surface area (Å²) in [5.41, 5.74) is 0. The number of carboxylic acids is 1. The zero-order chi connectivity index (χ0) is 10.8. The van der Waals surface area contributed by atoms with E-state index in [9.17, 15) is 4.79 Å². The zero-order valence-electron chi connectivity index (χ0n) is 9.35. The van der Waals surface area contributed by atoms with Crippen molar-refractivity contribution >= 4 is 5.97 Å². The van der Waals surface area contributed by atoms with E-state index in [1.807, 2.05) is 0 Å². The smallest absolute Gasteiger partial charge is 0.304 e. The normalized spacial score (nSPS) is 27.5. The molecule has 0 spiro atoms. The maximum atomic E-state index is 10.6. The first-order valence-electron chi connectivity index (χ1n) is 5.83. The Balaban J connectivity index is 1.85. The highest BCUT2D eigenvalue weighted by Crippen LogP contribution is 2.31. The topological polar surface area (TPSA) is 43.8 Å². The second-order valence-corrected chi connectivity index (χ2v) is 4.82. The van der Waals surface area contributed by atoms with Crippen LogP contribution in [0, 0.1) is 0 Å². The lowest BCUT2D eigenvalue weighted by Crippen LogP contribution is -2.40. The van der Waals surface area contributed by atoms with E-state index in [0.717, 1.165) is 19.6 Å². The van der Waals surface area contributed by atoms with Crippen molar-refractivity contribution in [3.05, 3.63) is 0 Å². The molecule has 0 aromatic heterocycles. The average Bonchev–Trinajstić information content (AvgIpc) is 2.90. The number of hydrogen-bond donors (Lipinski definition) is 1. The molecule has 1 saturated heterocycles. The molecule has 2 aliphatic rings. The van der Waals surface area contributed by atoms with E-state index in [-0.39, 0.29) is 6.42 Å². The van der Waals surface area contributed by atoms with Crippen molar-refractivity contribution in [2.45, 2.75) is 37.8 Å². The van der Waals surface area contributed by atoms with Crippen LogP contribution in [0.5, 0.6) is 0 Å². The van der Waals surface area contributed by atoms with Crippen LogP contribution < -0.4 is 0 Å². The van der Waals surface area contributed by atoms with E-state index in [0.29, 0.717) is 12.1 Å². The van der Waals surface area contributed by atoms with Gasteiger partial charge in [-0.1, -0.05) is 0 Å². The summed E-state index contributed by atoms with van der Waals surface area (Å²) in [7, 11) is 2.14. The second-order valence-electron chi connectivity index (χ2n) is 4.82. The van der Waals surface area contributed by atoms with Gasteiger partial charge in [0.15, 0.2) is 0 Å². The largest absolute Gasteiger partial charge is 0.481 e. The molecule has 1 saturated carbocycles. The molecule has 2 rings (SSSR count). The molecule has 86 valence electrons. The van der Waals surface area contributed by atoms with Gasteiger partial charge in [-0.05, 0) is 32.9 Å². The van der Waals surface area contributed by atoms with E-state index >= 15 is 0 Å². The molecule has 1 heterocycles. The number of likely N-dealkylation sites (tertiary alicyclic amines) is 1. The molecule has 1 aliphatic heterocycles. The van der Waals surface area contributed by atoms with Crippen LogP contribution in [0.15, 0.2) is 0 Å². The molecular weight excluding hydrogens is 192 g/mol. The maximum Gasteiger partial charge on any atom is 0.304 e. The van der Waals surface area contributed by atoms with Gasteiger partial charge in [0, 0.05) is 25.2 Å². The summed E-state index contributed by atoms with van der Waals surface area (Å²) in [5, 5.41) is 8.72. The fourth-order valence-electron chi connectivity index (χ4n) is 2.48. The highest BCUT2D eigenvalue weighted by Gasteiger charge is 2.36. The van der Waals surface area contributed by atoms with Crippen LogP contribution in [0.2, 0.25) is 0 Å². The molecule has 4 nitrogen and oxygen atoms in total. The van der Waals surface area contributed by atoms with Gasteiger partial charge in [-0.3, -0.25) is 9.69 Å². The second kappa shape index (κ2) is 4.49. The van der Waals surface area contributed by atoms with E-state index in [4.69, 9.17) is 5.11 Å². The summed E-state index contributed by atoms with van der Waals surface area (Å²) in [6, 6.07) is 1.28. The van der Waals surface area contributed by atoms with E-state index < -0.39 is 5.97 Å². The molecule has 15 heavy (non-hydrogen) atoms. The minimum absolute atomic E-state index is 0.288. The van der Waals surface area contributed by atoms with Crippen molar-refractivity contribution in [3.63, 3.8) is 0 Å². The highest BCUT2D eigenvalue weighted by atomic mass is 16.4. The fraction of sp³-hybridized carbons (Fsp3) is 0.909. The number of aliphatic carboxylic acids is 1. The van der Waals surface area contributed by atoms with Gasteiger partial charge in [0.25, 0.3) is 0 Å². The maximum absolute atomic E-state index is 10.6. The molecule has 0 radical (unpaired) electrons. The van der Waals surface area contributed by atoms with Crippen LogP contribution in [-0.2, 0) is 4.79 Å². The Bertz CT molecular complexity index is 241. The summed E-state index contributed by atoms with van der Waals surface area (Å²) in [5.74, 6) is -0.674. The van der Waals surface area contributed by atoms with Crippen LogP contribution in [0.1, 0.15) is 25.7 Å². The third kappa shape index (κ3) is 2.92. The van der Waals surface area contributed by atoms with Crippen LogP contribution in [0.25, 0.3) is 0 Å². The first-order chi connectivity index (χ1) is 7.16. The first-order valence-corrected chi connectivity index (χ1v) is 5.83. The predicted octanol–water partition coefficient (Wildman–Crippen LogP) is 0.630.